The number of nitrogens with zero attached hydrogens (tertiary/aromatic N) is 1. The van der Waals surface area contributed by atoms with Gasteiger partial charge in [-0.2, -0.15) is 0 Å². The summed E-state index contributed by atoms with van der Waals surface area (Å²) in [4.78, 5) is 2.57. The van der Waals surface area contributed by atoms with Gasteiger partial charge in [0.1, 0.15) is 0 Å². The second-order valence-electron chi connectivity index (χ2n) is 3.08. The third-order valence-electron chi connectivity index (χ3n) is 2.58. The molecule has 0 saturated carbocycles. The zero-order chi connectivity index (χ0) is 6.27. The van der Waals surface area contributed by atoms with Crippen LogP contribution in [0, 0.1) is 0 Å². The van der Waals surface area contributed by atoms with E-state index in [4.69, 9.17) is 0 Å². The van der Waals surface area contributed by atoms with Gasteiger partial charge in [-0.3, -0.25) is 4.90 Å². The van der Waals surface area contributed by atoms with Gasteiger partial charge in [-0.25, -0.2) is 0 Å². The first-order valence-electron chi connectivity index (χ1n) is 3.87. The summed E-state index contributed by atoms with van der Waals surface area (Å²) >= 11 is 0. The maximum absolute atomic E-state index is 3.48. The lowest BCUT2D eigenvalue weighted by atomic mass is 10.2. The van der Waals surface area contributed by atoms with Crippen LogP contribution in [-0.2, 0) is 0 Å². The molecule has 2 fully saturated rings. The highest BCUT2D eigenvalue weighted by Crippen LogP contribution is 2.21. The molecule has 1 N–H and O–H groups in total. The fourth-order valence-corrected chi connectivity index (χ4v) is 2.03. The average molecular weight is 207 g/mol. The van der Waals surface area contributed by atoms with Crippen LogP contribution in [0.3, 0.4) is 0 Å². The minimum atomic E-state index is 0. The van der Waals surface area contributed by atoms with E-state index in [1.54, 1.807) is 0 Å². The molecule has 0 unspecified atom stereocenters. The van der Waals surface area contributed by atoms with Crippen molar-refractivity contribution in [3.8, 4) is 0 Å². The Hall–Kier alpha value is 0.400. The van der Waals surface area contributed by atoms with E-state index in [-0.39, 0.29) is 17.0 Å². The molecule has 2 heterocycles. The summed E-state index contributed by atoms with van der Waals surface area (Å²) in [6.07, 6.45) is 1.40. The summed E-state index contributed by atoms with van der Waals surface area (Å²) in [7, 11) is 0. The molecule has 0 spiro atoms. The van der Waals surface area contributed by atoms with Crippen LogP contribution < -0.4 is 5.32 Å². The van der Waals surface area contributed by atoms with E-state index in [2.05, 4.69) is 17.1 Å². The SMILES string of the molecule is Br.CCN1C[C@H]2C[C@@H]1CN2. The van der Waals surface area contributed by atoms with Crippen molar-refractivity contribution in [3.05, 3.63) is 0 Å². The standard InChI is InChI=1S/C7H14N2.BrH/c1-2-9-5-6-3-7(9)4-8-6;/h6-8H,2-5H2,1H3;1H/t6-,7-;/m1./s1. The van der Waals surface area contributed by atoms with Gasteiger partial charge in [-0.1, -0.05) is 6.92 Å². The molecule has 2 saturated heterocycles. The quantitative estimate of drug-likeness (QED) is 0.678. The predicted molar refractivity (Wildman–Crippen MR) is 47.8 cm³/mol. The molecule has 60 valence electrons. The van der Waals surface area contributed by atoms with Crippen LogP contribution in [0.1, 0.15) is 13.3 Å². The number of piperazine rings is 1. The molecule has 2 aliphatic rings. The summed E-state index contributed by atoms with van der Waals surface area (Å²) in [6.45, 7) is 6.02. The smallest absolute Gasteiger partial charge is 0.0236 e. The molecule has 0 radical (unpaired) electrons. The first-order chi connectivity index (χ1) is 4.40. The normalized spacial score (nSPS) is 38.1. The topological polar surface area (TPSA) is 15.3 Å². The van der Waals surface area contributed by atoms with Crippen LogP contribution in [0.4, 0.5) is 0 Å². The van der Waals surface area contributed by atoms with E-state index in [9.17, 15) is 0 Å². The maximum Gasteiger partial charge on any atom is 0.0236 e. The van der Waals surface area contributed by atoms with Crippen molar-refractivity contribution < 1.29 is 0 Å². The number of halogens is 1. The maximum atomic E-state index is 3.48. The molecule has 2 bridgehead atoms. The Labute approximate surface area is 72.7 Å². The molecule has 2 nitrogen and oxygen atoms in total. The third kappa shape index (κ3) is 1.22. The monoisotopic (exact) mass is 206 g/mol. The zero-order valence-electron chi connectivity index (χ0n) is 6.34. The summed E-state index contributed by atoms with van der Waals surface area (Å²) in [5, 5.41) is 3.48. The molecule has 2 rings (SSSR count). The minimum absolute atomic E-state index is 0. The van der Waals surface area contributed by atoms with Gasteiger partial charge in [0, 0.05) is 25.2 Å². The lowest BCUT2D eigenvalue weighted by Gasteiger charge is -2.25. The van der Waals surface area contributed by atoms with Crippen molar-refractivity contribution in [1.82, 2.24) is 10.2 Å². The number of hydrogen-bond donors (Lipinski definition) is 1. The molecule has 2 atom stereocenters. The van der Waals surface area contributed by atoms with Gasteiger partial charge in [0.15, 0.2) is 0 Å². The first-order valence-corrected chi connectivity index (χ1v) is 3.87. The van der Waals surface area contributed by atoms with E-state index in [1.807, 2.05) is 0 Å². The highest BCUT2D eigenvalue weighted by molar-refractivity contribution is 8.93. The number of likely N-dealkylation sites (N-methyl/N-ethyl adjacent to an activating group) is 1. The minimum Gasteiger partial charge on any atom is -0.311 e. The van der Waals surface area contributed by atoms with Gasteiger partial charge in [0.25, 0.3) is 0 Å². The van der Waals surface area contributed by atoms with Crippen LogP contribution in [-0.4, -0.2) is 36.6 Å². The summed E-state index contributed by atoms with van der Waals surface area (Å²) in [6, 6.07) is 1.70. The molecule has 0 aromatic heterocycles. The van der Waals surface area contributed by atoms with E-state index in [1.165, 1.54) is 26.1 Å². The first kappa shape index (κ1) is 8.50. The zero-order valence-corrected chi connectivity index (χ0v) is 8.05. The predicted octanol–water partition coefficient (Wildman–Crippen LogP) is 0.630. The Kier molecular flexibility index (Phi) is 2.72. The Morgan fingerprint density at radius 1 is 1.60 bits per heavy atom. The van der Waals surface area contributed by atoms with E-state index >= 15 is 0 Å². The molecule has 0 amide bonds. The average Bonchev–Trinajstić information content (AvgIpc) is 2.45. The number of rotatable bonds is 1. The lowest BCUT2D eigenvalue weighted by Crippen LogP contribution is -2.43. The van der Waals surface area contributed by atoms with Crippen LogP contribution in [0.2, 0.25) is 0 Å². The van der Waals surface area contributed by atoms with Crippen molar-refractivity contribution in [2.24, 2.45) is 0 Å². The Morgan fingerprint density at radius 2 is 2.40 bits per heavy atom. The third-order valence-corrected chi connectivity index (χ3v) is 2.58. The Bertz CT molecular complexity index is 118. The number of fused-ring (bicyclic) bond motifs is 2. The second kappa shape index (κ2) is 3.20. The molecule has 0 aromatic carbocycles. The largest absolute Gasteiger partial charge is 0.311 e. The molecule has 3 heteroatoms. The van der Waals surface area contributed by atoms with Crippen molar-refractivity contribution in [2.45, 2.75) is 25.4 Å². The van der Waals surface area contributed by atoms with E-state index in [0.29, 0.717) is 0 Å². The molecule has 0 aliphatic carbocycles. The fourth-order valence-electron chi connectivity index (χ4n) is 2.03. The fraction of sp³-hybridized carbons (Fsp3) is 1.00. The molecular formula is C7H15BrN2. The summed E-state index contributed by atoms with van der Waals surface area (Å²) < 4.78 is 0. The van der Waals surface area contributed by atoms with Crippen molar-refractivity contribution in [3.63, 3.8) is 0 Å². The van der Waals surface area contributed by atoms with Gasteiger partial charge in [-0.05, 0) is 13.0 Å². The molecule has 10 heavy (non-hydrogen) atoms. The summed E-state index contributed by atoms with van der Waals surface area (Å²) in [5.74, 6) is 0. The van der Waals surface area contributed by atoms with Gasteiger partial charge >= 0.3 is 0 Å². The molecule has 2 aliphatic heterocycles. The molecular weight excluding hydrogens is 192 g/mol. The Morgan fingerprint density at radius 3 is 2.70 bits per heavy atom. The lowest BCUT2D eigenvalue weighted by molar-refractivity contribution is 0.238. The highest BCUT2D eigenvalue weighted by Gasteiger charge is 2.35. The second-order valence-corrected chi connectivity index (χ2v) is 3.08. The van der Waals surface area contributed by atoms with Gasteiger partial charge in [-0.15, -0.1) is 17.0 Å². The number of likely N-dealkylation sites (tertiary alicyclic amines) is 1. The van der Waals surface area contributed by atoms with Gasteiger partial charge in [0.2, 0.25) is 0 Å². The van der Waals surface area contributed by atoms with Crippen molar-refractivity contribution in [2.75, 3.05) is 19.6 Å². The van der Waals surface area contributed by atoms with Crippen LogP contribution in [0.5, 0.6) is 0 Å². The van der Waals surface area contributed by atoms with Crippen molar-refractivity contribution >= 4 is 17.0 Å². The number of nitrogens with one attached hydrogen (secondary N) is 1. The summed E-state index contributed by atoms with van der Waals surface area (Å²) in [5.41, 5.74) is 0. The highest BCUT2D eigenvalue weighted by atomic mass is 79.9. The van der Waals surface area contributed by atoms with Crippen LogP contribution in [0.25, 0.3) is 0 Å². The van der Waals surface area contributed by atoms with Gasteiger partial charge in [0.05, 0.1) is 0 Å². The van der Waals surface area contributed by atoms with Crippen LogP contribution in [0.15, 0.2) is 0 Å². The number of hydrogen-bond acceptors (Lipinski definition) is 2. The Balaban J connectivity index is 0.000000500. The van der Waals surface area contributed by atoms with Crippen LogP contribution >= 0.6 is 17.0 Å². The van der Waals surface area contributed by atoms with Crippen molar-refractivity contribution in [1.29, 1.82) is 0 Å². The van der Waals surface area contributed by atoms with Gasteiger partial charge < -0.3 is 5.32 Å². The van der Waals surface area contributed by atoms with E-state index in [0.717, 1.165) is 12.1 Å². The van der Waals surface area contributed by atoms with E-state index < -0.39 is 0 Å². The molecule has 0 aromatic rings.